The Kier molecular flexibility index (Phi) is 6.77. The van der Waals surface area contributed by atoms with E-state index in [0.717, 1.165) is 36.4 Å². The second kappa shape index (κ2) is 9.97. The van der Waals surface area contributed by atoms with Gasteiger partial charge < -0.3 is 24.2 Å². The predicted octanol–water partition coefficient (Wildman–Crippen LogP) is 2.29. The first-order chi connectivity index (χ1) is 17.0. The Labute approximate surface area is 205 Å². The Morgan fingerprint density at radius 3 is 2.74 bits per heavy atom. The number of ketones is 1. The van der Waals surface area contributed by atoms with Gasteiger partial charge in [-0.05, 0) is 36.3 Å². The van der Waals surface area contributed by atoms with Gasteiger partial charge in [-0.2, -0.15) is 0 Å². The summed E-state index contributed by atoms with van der Waals surface area (Å²) >= 11 is 0. The second-order valence-corrected chi connectivity index (χ2v) is 9.51. The third kappa shape index (κ3) is 4.66. The molecule has 186 valence electrons. The monoisotopic (exact) mass is 480 g/mol. The number of carbonyl (C=O) groups excluding carboxylic acids is 2. The molecule has 1 aliphatic carbocycles. The molecule has 2 fully saturated rings. The number of hydrogen-bond donors (Lipinski definition) is 1. The van der Waals surface area contributed by atoms with Crippen LogP contribution in [-0.2, 0) is 25.5 Å². The molecule has 35 heavy (non-hydrogen) atoms. The van der Waals surface area contributed by atoms with Gasteiger partial charge in [-0.1, -0.05) is 18.2 Å². The fourth-order valence-corrected chi connectivity index (χ4v) is 5.33. The molecule has 0 aromatic heterocycles. The first-order valence-electron chi connectivity index (χ1n) is 12.2. The molecule has 5 rings (SSSR count). The summed E-state index contributed by atoms with van der Waals surface area (Å²) in [6.45, 7) is 5.93. The van der Waals surface area contributed by atoms with Crippen LogP contribution in [0.3, 0.4) is 0 Å². The molecule has 3 atom stereocenters. The summed E-state index contributed by atoms with van der Waals surface area (Å²) in [6, 6.07) is 4.79. The zero-order chi connectivity index (χ0) is 24.5. The molecule has 0 saturated carbocycles. The van der Waals surface area contributed by atoms with Gasteiger partial charge in [0.2, 0.25) is 0 Å². The van der Waals surface area contributed by atoms with E-state index in [-0.39, 0.29) is 23.5 Å². The molecule has 0 radical (unpaired) electrons. The normalized spacial score (nSPS) is 28.2. The number of aliphatic hydroxyl groups is 1. The van der Waals surface area contributed by atoms with Crippen molar-refractivity contribution in [1.82, 2.24) is 9.80 Å². The van der Waals surface area contributed by atoms with Gasteiger partial charge in [-0.25, -0.2) is 0 Å². The fourth-order valence-electron chi connectivity index (χ4n) is 5.33. The van der Waals surface area contributed by atoms with E-state index in [4.69, 9.17) is 14.2 Å². The highest BCUT2D eigenvalue weighted by atomic mass is 16.5. The van der Waals surface area contributed by atoms with Crippen molar-refractivity contribution in [3.8, 4) is 5.75 Å². The Bertz CT molecular complexity index is 1100. The van der Waals surface area contributed by atoms with E-state index in [1.807, 2.05) is 37.3 Å². The maximum Gasteiger partial charge on any atom is 0.295 e. The first kappa shape index (κ1) is 23.8. The number of morpholine rings is 1. The molecular weight excluding hydrogens is 448 g/mol. The van der Waals surface area contributed by atoms with Crippen molar-refractivity contribution < 1.29 is 28.9 Å². The number of allylic oxidation sites excluding steroid dienone is 2. The molecule has 0 spiro atoms. The van der Waals surface area contributed by atoms with Crippen molar-refractivity contribution in [3.05, 3.63) is 58.7 Å². The van der Waals surface area contributed by atoms with E-state index < -0.39 is 17.7 Å². The molecule has 8 nitrogen and oxygen atoms in total. The molecule has 1 amide bonds. The second-order valence-electron chi connectivity index (χ2n) is 9.51. The van der Waals surface area contributed by atoms with E-state index in [2.05, 4.69) is 4.90 Å². The number of likely N-dealkylation sites (tertiary alicyclic amines) is 1. The minimum absolute atomic E-state index is 0.0679. The zero-order valence-electron chi connectivity index (χ0n) is 20.2. The number of Topliss-reactive ketones (excluding diaryl/α,β-unsaturated/α-hetero) is 1. The lowest BCUT2D eigenvalue weighted by Crippen LogP contribution is -2.45. The topological polar surface area (TPSA) is 88.5 Å². The summed E-state index contributed by atoms with van der Waals surface area (Å²) < 4.78 is 16.7. The van der Waals surface area contributed by atoms with E-state index in [0.29, 0.717) is 38.3 Å². The van der Waals surface area contributed by atoms with Crippen LogP contribution in [0.2, 0.25) is 0 Å². The lowest BCUT2D eigenvalue weighted by Gasteiger charge is -2.32. The van der Waals surface area contributed by atoms with Crippen LogP contribution < -0.4 is 4.74 Å². The average Bonchev–Trinajstić information content (AvgIpc) is 3.38. The molecule has 3 aliphatic heterocycles. The lowest BCUT2D eigenvalue weighted by atomic mass is 9.89. The van der Waals surface area contributed by atoms with Crippen LogP contribution in [-0.4, -0.2) is 91.3 Å². The Morgan fingerprint density at radius 1 is 1.17 bits per heavy atom. The van der Waals surface area contributed by atoms with Crippen molar-refractivity contribution in [2.24, 2.45) is 0 Å². The number of benzene rings is 1. The van der Waals surface area contributed by atoms with Gasteiger partial charge >= 0.3 is 0 Å². The zero-order valence-corrected chi connectivity index (χ0v) is 20.2. The number of rotatable bonds is 6. The molecule has 1 aromatic rings. The molecule has 1 aromatic carbocycles. The Balaban J connectivity index is 1.51. The van der Waals surface area contributed by atoms with Crippen molar-refractivity contribution in [2.75, 3.05) is 46.5 Å². The summed E-state index contributed by atoms with van der Waals surface area (Å²) in [7, 11) is 1.64. The highest BCUT2D eigenvalue weighted by Gasteiger charge is 2.47. The van der Waals surface area contributed by atoms with Gasteiger partial charge in [-0.3, -0.25) is 14.5 Å². The number of aliphatic hydroxyl groups excluding tert-OH is 1. The van der Waals surface area contributed by atoms with Crippen molar-refractivity contribution in [3.63, 3.8) is 0 Å². The van der Waals surface area contributed by atoms with Crippen LogP contribution in [0, 0.1) is 0 Å². The van der Waals surface area contributed by atoms with Gasteiger partial charge in [0.25, 0.3) is 11.7 Å². The number of ether oxygens (including phenoxy) is 3. The van der Waals surface area contributed by atoms with Crippen LogP contribution >= 0.6 is 0 Å². The van der Waals surface area contributed by atoms with Crippen LogP contribution in [0.1, 0.15) is 24.5 Å². The quantitative estimate of drug-likeness (QED) is 0.380. The fraction of sp³-hybridized carbons (Fsp3) is 0.481. The van der Waals surface area contributed by atoms with Gasteiger partial charge in [0.15, 0.2) is 0 Å². The summed E-state index contributed by atoms with van der Waals surface area (Å²) in [4.78, 5) is 30.4. The Morgan fingerprint density at radius 2 is 1.97 bits per heavy atom. The third-order valence-corrected chi connectivity index (χ3v) is 7.20. The van der Waals surface area contributed by atoms with Gasteiger partial charge in [0.05, 0.1) is 30.9 Å². The van der Waals surface area contributed by atoms with E-state index in [1.165, 1.54) is 0 Å². The van der Waals surface area contributed by atoms with Crippen LogP contribution in [0.25, 0.3) is 5.76 Å². The van der Waals surface area contributed by atoms with Crippen molar-refractivity contribution >= 4 is 17.4 Å². The number of hydrogen-bond acceptors (Lipinski definition) is 7. The molecule has 8 heteroatoms. The molecule has 0 bridgehead atoms. The molecular formula is C27H32N2O6. The Hall–Kier alpha value is -2.94. The van der Waals surface area contributed by atoms with Crippen LogP contribution in [0.4, 0.5) is 0 Å². The number of carbonyl (C=O) groups is 2. The lowest BCUT2D eigenvalue weighted by molar-refractivity contribution is -0.139. The van der Waals surface area contributed by atoms with Gasteiger partial charge in [-0.15, -0.1) is 0 Å². The summed E-state index contributed by atoms with van der Waals surface area (Å²) in [5.41, 5.74) is 2.52. The summed E-state index contributed by atoms with van der Waals surface area (Å²) in [5.74, 6) is -0.579. The molecule has 1 N–H and O–H groups in total. The molecule has 0 unspecified atom stereocenters. The van der Waals surface area contributed by atoms with Crippen LogP contribution in [0.15, 0.2) is 47.6 Å². The van der Waals surface area contributed by atoms with E-state index >= 15 is 0 Å². The number of amides is 1. The van der Waals surface area contributed by atoms with Gasteiger partial charge in [0.1, 0.15) is 17.6 Å². The molecule has 4 aliphatic rings. The SMILES string of the molecule is CO[C@@H]1C=CC=C([C@H]2C(=C(O)c3ccc4c(c3)C[C@H](C)O4)C(=O)C(=O)N2CCN2CCOCC2)C1. The summed E-state index contributed by atoms with van der Waals surface area (Å²) in [5, 5.41) is 11.4. The average molecular weight is 481 g/mol. The van der Waals surface area contributed by atoms with Gasteiger partial charge in [0, 0.05) is 51.7 Å². The maximum absolute atomic E-state index is 13.3. The minimum Gasteiger partial charge on any atom is -0.507 e. The van der Waals surface area contributed by atoms with E-state index in [9.17, 15) is 14.7 Å². The molecule has 3 heterocycles. The third-order valence-electron chi connectivity index (χ3n) is 7.20. The highest BCUT2D eigenvalue weighted by molar-refractivity contribution is 6.47. The first-order valence-corrected chi connectivity index (χ1v) is 12.2. The maximum atomic E-state index is 13.3. The largest absolute Gasteiger partial charge is 0.507 e. The highest BCUT2D eigenvalue weighted by Crippen LogP contribution is 2.37. The standard InChI is InChI=1S/C27H32N2O6/c1-17-14-20-15-19(6-7-22(20)35-17)25(30)23-24(18-4-3-5-21(16-18)33-2)29(27(32)26(23)31)9-8-28-10-12-34-13-11-28/h3-7,15,17,21,24,30H,8-14,16H2,1-2H3/t17-,21+,24-/m0/s1. The smallest absolute Gasteiger partial charge is 0.295 e. The van der Waals surface area contributed by atoms with Crippen molar-refractivity contribution in [1.29, 1.82) is 0 Å². The number of nitrogens with zero attached hydrogens (tertiary/aromatic N) is 2. The van der Waals surface area contributed by atoms with Crippen LogP contribution in [0.5, 0.6) is 5.75 Å². The van der Waals surface area contributed by atoms with E-state index in [1.54, 1.807) is 18.1 Å². The molecule has 2 saturated heterocycles. The van der Waals surface area contributed by atoms with Crippen molar-refractivity contribution in [2.45, 2.75) is 38.0 Å². The number of fused-ring (bicyclic) bond motifs is 1. The predicted molar refractivity (Wildman–Crippen MR) is 130 cm³/mol. The number of methoxy groups -OCH3 is 1. The summed E-state index contributed by atoms with van der Waals surface area (Å²) in [6.07, 6.45) is 6.97. The minimum atomic E-state index is -0.649.